The number of rotatable bonds is 2. The van der Waals surface area contributed by atoms with Crippen LogP contribution in [0.2, 0.25) is 0 Å². The van der Waals surface area contributed by atoms with E-state index in [0.717, 1.165) is 17.8 Å². The highest BCUT2D eigenvalue weighted by Gasteiger charge is 2.18. The summed E-state index contributed by atoms with van der Waals surface area (Å²) in [5.74, 6) is 2.96. The summed E-state index contributed by atoms with van der Waals surface area (Å²) < 4.78 is 0. The van der Waals surface area contributed by atoms with Gasteiger partial charge in [-0.05, 0) is 17.8 Å². The molecule has 0 N–H and O–H groups in total. The van der Waals surface area contributed by atoms with Gasteiger partial charge in [-0.15, -0.1) is 0 Å². The molecule has 100 valence electrons. The lowest BCUT2D eigenvalue weighted by atomic mass is 9.79. The van der Waals surface area contributed by atoms with Crippen LogP contribution in [0.1, 0.15) is 87.0 Å². The van der Waals surface area contributed by atoms with E-state index < -0.39 is 0 Å². The van der Waals surface area contributed by atoms with Crippen molar-refractivity contribution in [1.82, 2.24) is 0 Å². The van der Waals surface area contributed by atoms with E-state index in [1.54, 1.807) is 0 Å². The highest BCUT2D eigenvalue weighted by molar-refractivity contribution is 4.70. The Morgan fingerprint density at radius 3 is 1.69 bits per heavy atom. The third-order valence-corrected chi connectivity index (χ3v) is 3.63. The summed E-state index contributed by atoms with van der Waals surface area (Å²) in [7, 11) is 0. The molecule has 0 bridgehead atoms. The first kappa shape index (κ1) is 18.4. The van der Waals surface area contributed by atoms with Gasteiger partial charge in [0.1, 0.15) is 0 Å². The Morgan fingerprint density at radius 1 is 1.00 bits per heavy atom. The predicted octanol–water partition coefficient (Wildman–Crippen LogP) is 6.30. The van der Waals surface area contributed by atoms with Crippen LogP contribution in [0.15, 0.2) is 0 Å². The average molecular weight is 228 g/mol. The molecule has 2 atom stereocenters. The van der Waals surface area contributed by atoms with Crippen LogP contribution in [-0.2, 0) is 0 Å². The highest BCUT2D eigenvalue weighted by atomic mass is 14.2. The second kappa shape index (κ2) is 13.1. The van der Waals surface area contributed by atoms with Crippen molar-refractivity contribution >= 4 is 0 Å². The first-order valence-electron chi connectivity index (χ1n) is 7.61. The van der Waals surface area contributed by atoms with Crippen molar-refractivity contribution < 1.29 is 0 Å². The summed E-state index contributed by atoms with van der Waals surface area (Å²) in [6, 6.07) is 0. The molecule has 1 fully saturated rings. The first-order valence-corrected chi connectivity index (χ1v) is 7.61. The van der Waals surface area contributed by atoms with Gasteiger partial charge in [-0.2, -0.15) is 0 Å². The average Bonchev–Trinajstić information content (AvgIpc) is 2.33. The van der Waals surface area contributed by atoms with Gasteiger partial charge in [0.25, 0.3) is 0 Å². The van der Waals surface area contributed by atoms with Crippen molar-refractivity contribution in [3.8, 4) is 0 Å². The zero-order valence-corrected chi connectivity index (χ0v) is 13.0. The SMILES string of the molecule is CC.CCC(C)C.CCC1CCCCC1C. The van der Waals surface area contributed by atoms with Crippen molar-refractivity contribution in [2.45, 2.75) is 87.0 Å². The Hall–Kier alpha value is 0. The maximum atomic E-state index is 2.41. The third kappa shape index (κ3) is 10.5. The van der Waals surface area contributed by atoms with Gasteiger partial charge in [-0.3, -0.25) is 0 Å². The molecule has 0 aromatic rings. The Balaban J connectivity index is 0. The quantitative estimate of drug-likeness (QED) is 0.520. The predicted molar refractivity (Wildman–Crippen MR) is 77.9 cm³/mol. The largest absolute Gasteiger partial charge is 0.0683 e. The molecule has 0 heterocycles. The van der Waals surface area contributed by atoms with Gasteiger partial charge in [0.15, 0.2) is 0 Å². The lowest BCUT2D eigenvalue weighted by Gasteiger charge is -2.27. The van der Waals surface area contributed by atoms with Crippen molar-refractivity contribution in [2.75, 3.05) is 0 Å². The molecule has 1 rings (SSSR count). The normalized spacial score (nSPS) is 24.0. The second-order valence-corrected chi connectivity index (χ2v) is 5.23. The van der Waals surface area contributed by atoms with E-state index in [9.17, 15) is 0 Å². The van der Waals surface area contributed by atoms with Gasteiger partial charge in [0.2, 0.25) is 0 Å². The lowest BCUT2D eigenvalue weighted by molar-refractivity contribution is 0.249. The molecule has 0 nitrogen and oxygen atoms in total. The third-order valence-electron chi connectivity index (χ3n) is 3.63. The summed E-state index contributed by atoms with van der Waals surface area (Å²) >= 11 is 0. The molecule has 16 heavy (non-hydrogen) atoms. The molecule has 0 amide bonds. The van der Waals surface area contributed by atoms with Crippen molar-refractivity contribution in [3.05, 3.63) is 0 Å². The summed E-state index contributed by atoms with van der Waals surface area (Å²) in [4.78, 5) is 0. The Bertz CT molecular complexity index is 115. The molecule has 0 aromatic carbocycles. The van der Waals surface area contributed by atoms with Crippen LogP contribution >= 0.6 is 0 Å². The molecule has 2 unspecified atom stereocenters. The fourth-order valence-corrected chi connectivity index (χ4v) is 2.00. The molecule has 1 aliphatic rings. The first-order chi connectivity index (χ1) is 7.61. The Kier molecular flexibility index (Phi) is 15.0. The minimum absolute atomic E-state index is 0.884. The fraction of sp³-hybridized carbons (Fsp3) is 1.00. The Labute approximate surface area is 105 Å². The molecule has 0 saturated heterocycles. The zero-order valence-electron chi connectivity index (χ0n) is 13.0. The minimum atomic E-state index is 0.884. The Morgan fingerprint density at radius 2 is 1.44 bits per heavy atom. The van der Waals surface area contributed by atoms with Gasteiger partial charge in [0, 0.05) is 0 Å². The fourth-order valence-electron chi connectivity index (χ4n) is 2.00. The highest BCUT2D eigenvalue weighted by Crippen LogP contribution is 2.31. The summed E-state index contributed by atoms with van der Waals surface area (Å²) in [6.07, 6.45) is 8.66. The van der Waals surface area contributed by atoms with E-state index in [0.29, 0.717) is 0 Å². The molecule has 0 radical (unpaired) electrons. The zero-order chi connectivity index (χ0) is 13.0. The van der Waals surface area contributed by atoms with Crippen LogP contribution in [0.5, 0.6) is 0 Å². The smallest absolute Gasteiger partial charge is 0.0391 e. The molecular weight excluding hydrogens is 192 g/mol. The summed E-state index contributed by atoms with van der Waals surface area (Å²) in [5.41, 5.74) is 0. The molecule has 0 aromatic heterocycles. The number of hydrogen-bond donors (Lipinski definition) is 0. The van der Waals surface area contributed by atoms with Crippen LogP contribution in [0.4, 0.5) is 0 Å². The monoisotopic (exact) mass is 228 g/mol. The second-order valence-electron chi connectivity index (χ2n) is 5.23. The van der Waals surface area contributed by atoms with Gasteiger partial charge < -0.3 is 0 Å². The van der Waals surface area contributed by atoms with Gasteiger partial charge in [-0.1, -0.05) is 87.0 Å². The molecule has 1 saturated carbocycles. The van der Waals surface area contributed by atoms with Crippen LogP contribution in [0, 0.1) is 17.8 Å². The standard InChI is InChI=1S/C9H18.C5H12.C2H6/c1-3-9-7-5-4-6-8(9)2;1-4-5(2)3;1-2/h8-9H,3-7H2,1-2H3;5H,4H2,1-3H3;1-2H3. The van der Waals surface area contributed by atoms with Crippen LogP contribution in [0.3, 0.4) is 0 Å². The van der Waals surface area contributed by atoms with Crippen LogP contribution in [0.25, 0.3) is 0 Å². The molecular formula is C16H36. The van der Waals surface area contributed by atoms with E-state index in [-0.39, 0.29) is 0 Å². The lowest BCUT2D eigenvalue weighted by Crippen LogP contribution is -2.15. The van der Waals surface area contributed by atoms with Crippen molar-refractivity contribution in [3.63, 3.8) is 0 Å². The van der Waals surface area contributed by atoms with Gasteiger partial charge in [-0.25, -0.2) is 0 Å². The number of hydrogen-bond acceptors (Lipinski definition) is 0. The summed E-state index contributed by atoms with van der Waals surface area (Å²) in [5, 5.41) is 0. The van der Waals surface area contributed by atoms with Crippen molar-refractivity contribution in [2.24, 2.45) is 17.8 Å². The molecule has 0 heteroatoms. The van der Waals surface area contributed by atoms with Gasteiger partial charge >= 0.3 is 0 Å². The van der Waals surface area contributed by atoms with E-state index >= 15 is 0 Å². The maximum Gasteiger partial charge on any atom is -0.0391 e. The molecule has 1 aliphatic carbocycles. The van der Waals surface area contributed by atoms with Gasteiger partial charge in [0.05, 0.1) is 0 Å². The van der Waals surface area contributed by atoms with E-state index in [2.05, 4.69) is 34.6 Å². The van der Waals surface area contributed by atoms with Crippen molar-refractivity contribution in [1.29, 1.82) is 0 Å². The maximum absolute atomic E-state index is 2.41. The van der Waals surface area contributed by atoms with E-state index in [4.69, 9.17) is 0 Å². The topological polar surface area (TPSA) is 0 Å². The van der Waals surface area contributed by atoms with Crippen LogP contribution < -0.4 is 0 Å². The molecule has 0 aliphatic heterocycles. The summed E-state index contributed by atoms with van der Waals surface area (Å²) in [6.45, 7) is 15.4. The minimum Gasteiger partial charge on any atom is -0.0683 e. The molecule has 0 spiro atoms. The van der Waals surface area contributed by atoms with E-state index in [1.165, 1.54) is 38.5 Å². The van der Waals surface area contributed by atoms with E-state index in [1.807, 2.05) is 13.8 Å². The van der Waals surface area contributed by atoms with Crippen LogP contribution in [-0.4, -0.2) is 0 Å².